The van der Waals surface area contributed by atoms with Gasteiger partial charge in [-0.2, -0.15) is 29.6 Å². The van der Waals surface area contributed by atoms with Crippen LogP contribution in [-0.4, -0.2) is 154 Å². The predicted octanol–water partition coefficient (Wildman–Crippen LogP) is 25.5. The Morgan fingerprint density at radius 2 is 0.992 bits per heavy atom. The van der Waals surface area contributed by atoms with Gasteiger partial charge >= 0.3 is 126 Å². The van der Waals surface area contributed by atoms with Crippen LogP contribution in [0.25, 0.3) is 49.9 Å². The van der Waals surface area contributed by atoms with Crippen molar-refractivity contribution in [1.29, 1.82) is 5.26 Å². The Morgan fingerprint density at radius 3 is 1.32 bits per heavy atom. The molecule has 709 valence electrons. The number of nitrogens with zero attached hydrogens (tertiary/aromatic N) is 16. The first kappa shape index (κ1) is 132. The van der Waals surface area contributed by atoms with Crippen molar-refractivity contribution < 1.29 is 55.4 Å². The molecule has 0 radical (unpaired) electrons. The van der Waals surface area contributed by atoms with Gasteiger partial charge in [0, 0.05) is 200 Å². The van der Waals surface area contributed by atoms with Gasteiger partial charge in [-0.3, -0.25) is 44.5 Å². The first-order valence-corrected chi connectivity index (χ1v) is 75.5. The number of nitrogens with two attached hydrogens (primary N) is 2. The summed E-state index contributed by atoms with van der Waals surface area (Å²) in [5, 5.41) is 32.0. The minimum atomic E-state index is -3.77. The summed E-state index contributed by atoms with van der Waals surface area (Å²) < 4.78 is 60.3. The average Bonchev–Trinajstić information content (AvgIpc) is 1.67. The number of carbonyl (C=O) groups is 3. The van der Waals surface area contributed by atoms with E-state index in [0.717, 1.165) is 57.9 Å². The van der Waals surface area contributed by atoms with Crippen LogP contribution in [0.15, 0.2) is 260 Å². The Balaban J connectivity index is -0.000000703. The Labute approximate surface area is 907 Å². The quantitative estimate of drug-likeness (QED) is 0.0128. The van der Waals surface area contributed by atoms with E-state index in [1.54, 1.807) is 152 Å². The van der Waals surface area contributed by atoms with Crippen LogP contribution in [0.3, 0.4) is 0 Å². The number of hydrogen-bond acceptors (Lipinski definition) is 23. The van der Waals surface area contributed by atoms with E-state index in [1.165, 1.54) is 69.5 Å². The second-order valence-corrected chi connectivity index (χ2v) is 80.0. The number of H-pyrrole nitrogens is 1. The molecule has 0 aliphatic heterocycles. The number of carbonyl (C=O) groups excluding carboxylic acids is 2. The number of methoxy groups -OCH3 is 1. The van der Waals surface area contributed by atoms with Crippen molar-refractivity contribution in [2.45, 2.75) is 104 Å². The molecule has 7 N–H and O–H groups in total. The number of rotatable bonds is 14. The molecule has 29 nitrogen and oxygen atoms in total. The Kier molecular flexibility index (Phi) is 78.7. The van der Waals surface area contributed by atoms with Crippen LogP contribution in [0, 0.1) is 32.8 Å². The van der Waals surface area contributed by atoms with E-state index in [1.807, 2.05) is 79.4 Å². The Hall–Kier alpha value is -5.02. The zero-order chi connectivity index (χ0) is 98.0. The van der Waals surface area contributed by atoms with Gasteiger partial charge in [0.1, 0.15) is 17.5 Å². The number of esters is 1. The second-order valence-electron chi connectivity index (χ2n) is 25.5. The first-order chi connectivity index (χ1) is 61.5. The number of benzene rings is 2. The molecule has 0 fully saturated rings. The van der Waals surface area contributed by atoms with E-state index in [4.69, 9.17) is 39.1 Å². The standard InChI is InChI=1S/C21H21N5O2S.C11H9N5.C10H13ClO2S.C8H8N4.C8H6N2O.C7H12N2.C7H7NO2.C6H5NO2.2C2H5I.C2H6.CH3I.2CH3.I2.5HI.2V/c1-21(2,3)16-6-8-17(9-7-16)29(27,28)25-19-10-12-23-20-13-18(24-26(19)20)15-5-4-11-22-14-15;12-10-3-5-14-11-6-9(15-16(10)11)8-2-1-4-13-7-8;1-10(2,3)8-4-6-9(7-5-8)14(11,12)13;9-8-4-7(11-12-8)6-2-1-3-10-5-6;1-9-6-8(11)7-3-2-4-10-5-7;1-3-9(4-2)7-5-6-8;1-10-7(9)6-3-2-4-8-5-6;8-6(9)5-2-1-3-7-4-5;2*1-2-3;2*1-2;;;1-2;;;;;;;/h4-14,25H,1-3H3;1-7H,12H2;4-7H,1-3H3;1-5H,(H3,9,11,12);2-5H,6H2;5,7H,3-4H2,1-2H3;2-5H,1H3;1-4H,(H,8,9);2*2H2,1H3;1-2H3;1H3;2*1H3;;5*1H;;/q;;;;;;;;;;;;2*-1;;;;;;;+2;+3/p-5/b;;;;;7-5+;;;;;;;;;;;;;;;;. The zero-order valence-electron chi connectivity index (χ0n) is 74.6. The van der Waals surface area contributed by atoms with E-state index in [0.29, 0.717) is 49.4 Å². The van der Waals surface area contributed by atoms with E-state index >= 15 is 0 Å². The molecule has 0 amide bonds. The maximum absolute atomic E-state index is 12.9. The van der Waals surface area contributed by atoms with Crippen LogP contribution in [-0.2, 0) is 49.0 Å². The number of hydrogen-bond donors (Lipinski definition) is 5. The Bertz CT molecular complexity index is 5570. The molecule has 44 heteroatoms. The molecule has 0 aliphatic rings. The number of halogens is 11. The SMILES string of the molecule is CC.CC(C)(C)c1ccc(S(=O)(=O)Cl)cc1.CC(C)(C)c1ccc(S(=O)(=O)Nc2ccnc3cc(-c4cccnc4)nn23)cc1.CCI.CCI.CCN(/C=C/C#N)CC.CI.COC(=O)c1cccnc1.II.Nc1cc(-c2cccnc2)[nH]n1.Nc1ccnc2cc(-c3cccnc3)nn12.O=C(O)c1cccnc1.[C-]#[N+]CC(=O)c1cccnc1.[CH3-].[CH3-].[I][V]([I])[I].[I][V][I]. The number of pyridine rings is 6. The number of fused-ring (bicyclic) bond motifs is 2. The molecule has 0 bridgehead atoms. The summed E-state index contributed by atoms with van der Waals surface area (Å²) in [6.45, 7) is 33.1. The van der Waals surface area contributed by atoms with Crippen molar-refractivity contribution >= 4 is 281 Å². The van der Waals surface area contributed by atoms with Crippen LogP contribution in [0.5, 0.6) is 0 Å². The summed E-state index contributed by atoms with van der Waals surface area (Å²) in [4.78, 5) is 70.7. The third kappa shape index (κ3) is 57.1. The number of Topliss-reactive ketones (excluding diaryl/α,β-unsaturated/α-hetero) is 1. The molecule has 11 aromatic heterocycles. The summed E-state index contributed by atoms with van der Waals surface area (Å²) in [7, 11) is -0.199. The van der Waals surface area contributed by atoms with Gasteiger partial charge in [0.15, 0.2) is 11.3 Å². The van der Waals surface area contributed by atoms with Gasteiger partial charge in [0.2, 0.25) is 5.78 Å². The first-order valence-electron chi connectivity index (χ1n) is 37.7. The topological polar surface area (TPSA) is 411 Å². The summed E-state index contributed by atoms with van der Waals surface area (Å²) >= 11 is 23.1. The fourth-order valence-electron chi connectivity index (χ4n) is 9.01. The van der Waals surface area contributed by atoms with Crippen LogP contribution in [0.1, 0.15) is 125 Å². The number of aromatic amines is 1. The third-order valence-electron chi connectivity index (χ3n) is 14.9. The van der Waals surface area contributed by atoms with Gasteiger partial charge in [-0.1, -0.05) is 161 Å². The number of nitriles is 1. The second kappa shape index (κ2) is 78.0. The molecule has 13 rings (SSSR count). The normalized spacial score (nSPS) is 9.77. The van der Waals surface area contributed by atoms with Crippen LogP contribution in [0.4, 0.5) is 17.5 Å². The summed E-state index contributed by atoms with van der Waals surface area (Å²) in [5.41, 5.74) is 21.0. The van der Waals surface area contributed by atoms with Gasteiger partial charge in [-0.05, 0) is 159 Å². The summed E-state index contributed by atoms with van der Waals surface area (Å²) in [5.74, 6) is -0.0941. The predicted molar refractivity (Wildman–Crippen MR) is 613 cm³/mol. The molecule has 0 atom stereocenters. The zero-order valence-corrected chi connectivity index (χ0v) is 101. The molecule has 0 saturated carbocycles. The Morgan fingerprint density at radius 1 is 0.618 bits per heavy atom. The molecular formula is C87H106ClI10N20O9S2V2-2. The fourth-order valence-corrected chi connectivity index (χ4v) is 10.8. The molecule has 2 aromatic carbocycles. The number of ether oxygens (including phenoxy) is 1. The molecule has 0 spiro atoms. The van der Waals surface area contributed by atoms with Crippen LogP contribution in [0.2, 0.25) is 0 Å². The van der Waals surface area contributed by atoms with E-state index in [-0.39, 0.29) is 64.3 Å². The van der Waals surface area contributed by atoms with Crippen molar-refractivity contribution in [1.82, 2.24) is 74.2 Å². The molecule has 131 heavy (non-hydrogen) atoms. The summed E-state index contributed by atoms with van der Waals surface area (Å²) in [6.07, 6.45) is 25.8. The minimum absolute atomic E-state index is 0. The molecule has 0 aliphatic carbocycles. The maximum atomic E-state index is 12.9. The van der Waals surface area contributed by atoms with E-state index in [9.17, 15) is 31.2 Å². The molecule has 13 aromatic rings. The molecule has 0 saturated heterocycles. The number of carboxylic acid groups (broad SMARTS) is 1. The van der Waals surface area contributed by atoms with Crippen LogP contribution < -0.4 is 16.2 Å². The van der Waals surface area contributed by atoms with Gasteiger partial charge in [0.25, 0.3) is 25.6 Å². The van der Waals surface area contributed by atoms with Crippen molar-refractivity contribution in [2.24, 2.45) is 0 Å². The molecular weight excluding hydrogens is 2940 g/mol. The van der Waals surface area contributed by atoms with Crippen molar-refractivity contribution in [3.05, 3.63) is 305 Å². The number of ketones is 1. The number of aromatic nitrogens is 14. The van der Waals surface area contributed by atoms with Crippen molar-refractivity contribution in [3.63, 3.8) is 0 Å². The summed E-state index contributed by atoms with van der Waals surface area (Å²) in [6, 6.07) is 45.3. The van der Waals surface area contributed by atoms with Gasteiger partial charge < -0.3 is 45.9 Å². The monoisotopic (exact) mass is 3040 g/mol. The van der Waals surface area contributed by atoms with Crippen molar-refractivity contribution in [3.8, 4) is 39.8 Å². The number of carboxylic acids is 1. The number of allylic oxidation sites excluding steroid dienone is 1. The molecule has 11 heterocycles. The number of nitrogens with one attached hydrogen (secondary N) is 2. The number of nitrogen functional groups attached to an aromatic ring is 2. The van der Waals surface area contributed by atoms with Gasteiger partial charge in [-0.15, -0.1) is 0 Å². The van der Waals surface area contributed by atoms with Gasteiger partial charge in [-0.25, -0.2) is 43.0 Å². The average molecular weight is 3050 g/mol. The third-order valence-corrected chi connectivity index (χ3v) is 17.6. The number of anilines is 3. The van der Waals surface area contributed by atoms with Crippen molar-refractivity contribution in [2.75, 3.05) is 56.7 Å². The van der Waals surface area contributed by atoms with Gasteiger partial charge in [0.05, 0.1) is 51.2 Å². The van der Waals surface area contributed by atoms with E-state index < -0.39 is 25.0 Å². The van der Waals surface area contributed by atoms with Crippen LogP contribution >= 0.6 is 216 Å². The number of sulfonamides is 1. The number of alkyl halides is 3. The molecule has 0 unspecified atom stereocenters. The number of aromatic carboxylic acids is 1. The fraction of sp³-hybridized carbons (Fsp3) is 0.241. The van der Waals surface area contributed by atoms with E-state index in [2.05, 4.69) is 354 Å².